The van der Waals surface area contributed by atoms with E-state index in [1.807, 2.05) is 19.1 Å². The van der Waals surface area contributed by atoms with Gasteiger partial charge < -0.3 is 10.5 Å². The molecule has 0 aliphatic heterocycles. The summed E-state index contributed by atoms with van der Waals surface area (Å²) in [5.74, 6) is 2.51. The zero-order valence-electron chi connectivity index (χ0n) is 12.0. The van der Waals surface area contributed by atoms with Gasteiger partial charge in [0.2, 0.25) is 0 Å². The lowest BCUT2D eigenvalue weighted by Gasteiger charge is -2.33. The average molecular weight is 326 g/mol. The van der Waals surface area contributed by atoms with Crippen molar-refractivity contribution < 1.29 is 4.74 Å². The third-order valence-corrected chi connectivity index (χ3v) is 4.80. The minimum Gasteiger partial charge on any atom is -0.490 e. The van der Waals surface area contributed by atoms with Crippen LogP contribution in [0.4, 0.5) is 0 Å². The van der Waals surface area contributed by atoms with Crippen LogP contribution >= 0.6 is 15.9 Å². The maximum Gasteiger partial charge on any atom is 0.124 e. The monoisotopic (exact) mass is 325 g/mol. The van der Waals surface area contributed by atoms with Gasteiger partial charge in [0.25, 0.3) is 0 Å². The smallest absolute Gasteiger partial charge is 0.124 e. The second-order valence-electron chi connectivity index (χ2n) is 5.98. The van der Waals surface area contributed by atoms with Gasteiger partial charge in [-0.1, -0.05) is 29.8 Å². The standard InChI is InChI=1S/C16H24BrNO/c1-10-4-6-14(8-11(10)2)19-16-7-5-13(17)9-15(16)12(3)18/h5,7,9-12,14H,4,6,8,18H2,1-3H3. The normalized spacial score (nSPS) is 29.0. The maximum absolute atomic E-state index is 6.22. The third-order valence-electron chi connectivity index (χ3n) is 4.31. The van der Waals surface area contributed by atoms with E-state index in [1.54, 1.807) is 0 Å². The van der Waals surface area contributed by atoms with E-state index in [-0.39, 0.29) is 6.04 Å². The van der Waals surface area contributed by atoms with Crippen molar-refractivity contribution >= 4 is 15.9 Å². The summed E-state index contributed by atoms with van der Waals surface area (Å²) in [7, 11) is 0. The van der Waals surface area contributed by atoms with Gasteiger partial charge in [0.15, 0.2) is 0 Å². The molecule has 0 spiro atoms. The van der Waals surface area contributed by atoms with Crippen molar-refractivity contribution in [1.82, 2.24) is 0 Å². The number of benzene rings is 1. The molecule has 3 heteroatoms. The fourth-order valence-electron chi connectivity index (χ4n) is 2.77. The van der Waals surface area contributed by atoms with Gasteiger partial charge in [-0.15, -0.1) is 0 Å². The van der Waals surface area contributed by atoms with Gasteiger partial charge in [-0.05, 0) is 56.2 Å². The van der Waals surface area contributed by atoms with Crippen molar-refractivity contribution in [1.29, 1.82) is 0 Å². The number of nitrogens with two attached hydrogens (primary N) is 1. The fraction of sp³-hybridized carbons (Fsp3) is 0.625. The lowest BCUT2D eigenvalue weighted by Crippen LogP contribution is -2.29. The number of halogens is 1. The Morgan fingerprint density at radius 3 is 2.63 bits per heavy atom. The van der Waals surface area contributed by atoms with E-state index in [9.17, 15) is 0 Å². The van der Waals surface area contributed by atoms with Gasteiger partial charge in [0.05, 0.1) is 6.10 Å². The van der Waals surface area contributed by atoms with E-state index in [0.29, 0.717) is 6.10 Å². The highest BCUT2D eigenvalue weighted by Crippen LogP contribution is 2.34. The minimum absolute atomic E-state index is 0.00700. The molecular formula is C16H24BrNO. The predicted molar refractivity (Wildman–Crippen MR) is 83.3 cm³/mol. The first-order valence-corrected chi connectivity index (χ1v) is 7.98. The van der Waals surface area contributed by atoms with Gasteiger partial charge in [0.1, 0.15) is 5.75 Å². The van der Waals surface area contributed by atoms with E-state index in [4.69, 9.17) is 10.5 Å². The molecule has 1 aromatic carbocycles. The molecule has 0 bridgehead atoms. The van der Waals surface area contributed by atoms with Crippen LogP contribution < -0.4 is 10.5 Å². The van der Waals surface area contributed by atoms with Crippen LogP contribution in [0.2, 0.25) is 0 Å². The Morgan fingerprint density at radius 1 is 1.26 bits per heavy atom. The van der Waals surface area contributed by atoms with Crippen LogP contribution in [-0.4, -0.2) is 6.10 Å². The van der Waals surface area contributed by atoms with Crippen molar-refractivity contribution in [3.05, 3.63) is 28.2 Å². The van der Waals surface area contributed by atoms with E-state index < -0.39 is 0 Å². The number of ether oxygens (including phenoxy) is 1. The van der Waals surface area contributed by atoms with Gasteiger partial charge in [-0.25, -0.2) is 0 Å². The molecule has 1 aliphatic rings. The molecule has 106 valence electrons. The molecule has 1 aromatic rings. The topological polar surface area (TPSA) is 35.2 Å². The summed E-state index contributed by atoms with van der Waals surface area (Å²) in [5.41, 5.74) is 7.12. The van der Waals surface area contributed by atoms with Gasteiger partial charge in [0, 0.05) is 16.1 Å². The minimum atomic E-state index is -0.00700. The van der Waals surface area contributed by atoms with Gasteiger partial charge >= 0.3 is 0 Å². The first-order valence-electron chi connectivity index (χ1n) is 7.19. The summed E-state index contributed by atoms with van der Waals surface area (Å²) in [4.78, 5) is 0. The molecule has 2 rings (SSSR count). The van der Waals surface area contributed by atoms with Crippen LogP contribution in [0.1, 0.15) is 51.6 Å². The third kappa shape index (κ3) is 3.73. The summed E-state index contributed by atoms with van der Waals surface area (Å²) < 4.78 is 7.27. The number of hydrogen-bond acceptors (Lipinski definition) is 2. The lowest BCUT2D eigenvalue weighted by atomic mass is 9.80. The first kappa shape index (κ1) is 14.9. The molecule has 2 nitrogen and oxygen atoms in total. The zero-order valence-corrected chi connectivity index (χ0v) is 13.6. The highest BCUT2D eigenvalue weighted by Gasteiger charge is 2.26. The number of hydrogen-bond donors (Lipinski definition) is 1. The first-order chi connectivity index (χ1) is 8.97. The lowest BCUT2D eigenvalue weighted by molar-refractivity contribution is 0.0994. The maximum atomic E-state index is 6.22. The molecule has 19 heavy (non-hydrogen) atoms. The highest BCUT2D eigenvalue weighted by atomic mass is 79.9. The molecule has 0 radical (unpaired) electrons. The number of rotatable bonds is 3. The molecule has 0 heterocycles. The SMILES string of the molecule is CC(N)c1cc(Br)ccc1OC1CCC(C)C(C)C1. The van der Waals surface area contributed by atoms with Crippen molar-refractivity contribution in [2.75, 3.05) is 0 Å². The molecule has 0 amide bonds. The van der Waals surface area contributed by atoms with E-state index in [2.05, 4.69) is 35.8 Å². The van der Waals surface area contributed by atoms with Gasteiger partial charge in [-0.3, -0.25) is 0 Å². The van der Waals surface area contributed by atoms with Crippen LogP contribution in [0, 0.1) is 11.8 Å². The predicted octanol–water partition coefficient (Wildman–Crippen LogP) is 4.67. The van der Waals surface area contributed by atoms with Gasteiger partial charge in [-0.2, -0.15) is 0 Å². The van der Waals surface area contributed by atoms with Crippen LogP contribution in [0.3, 0.4) is 0 Å². The van der Waals surface area contributed by atoms with Crippen molar-refractivity contribution in [2.45, 2.75) is 52.2 Å². The van der Waals surface area contributed by atoms with Crippen LogP contribution in [0.25, 0.3) is 0 Å². The summed E-state index contributed by atoms with van der Waals surface area (Å²) in [6.45, 7) is 6.67. The van der Waals surface area contributed by atoms with Crippen molar-refractivity contribution in [3.63, 3.8) is 0 Å². The average Bonchev–Trinajstić information content (AvgIpc) is 2.36. The highest BCUT2D eigenvalue weighted by molar-refractivity contribution is 9.10. The Bertz CT molecular complexity index is 433. The van der Waals surface area contributed by atoms with Crippen molar-refractivity contribution in [2.24, 2.45) is 17.6 Å². The Morgan fingerprint density at radius 2 is 2.00 bits per heavy atom. The second-order valence-corrected chi connectivity index (χ2v) is 6.89. The Balaban J connectivity index is 2.11. The summed E-state index contributed by atoms with van der Waals surface area (Å²) >= 11 is 3.50. The Labute approximate surface area is 124 Å². The molecule has 1 aliphatic carbocycles. The molecule has 4 unspecified atom stereocenters. The quantitative estimate of drug-likeness (QED) is 0.876. The van der Waals surface area contributed by atoms with E-state index in [0.717, 1.165) is 40.5 Å². The summed E-state index contributed by atoms with van der Waals surface area (Å²) in [5, 5.41) is 0. The molecule has 0 saturated heterocycles. The zero-order chi connectivity index (χ0) is 14.0. The van der Waals surface area contributed by atoms with Crippen LogP contribution in [0.5, 0.6) is 5.75 Å². The summed E-state index contributed by atoms with van der Waals surface area (Å²) in [6.07, 6.45) is 3.90. The van der Waals surface area contributed by atoms with Crippen LogP contribution in [-0.2, 0) is 0 Å². The fourth-order valence-corrected chi connectivity index (χ4v) is 3.15. The molecule has 1 fully saturated rings. The largest absolute Gasteiger partial charge is 0.490 e. The Hall–Kier alpha value is -0.540. The molecule has 0 aromatic heterocycles. The Kier molecular flexibility index (Phi) is 4.91. The molecule has 2 N–H and O–H groups in total. The summed E-state index contributed by atoms with van der Waals surface area (Å²) in [6, 6.07) is 6.11. The molecule has 1 saturated carbocycles. The molecule has 4 atom stereocenters. The molecular weight excluding hydrogens is 302 g/mol. The second kappa shape index (κ2) is 6.27. The van der Waals surface area contributed by atoms with Crippen molar-refractivity contribution in [3.8, 4) is 5.75 Å². The van der Waals surface area contributed by atoms with E-state index >= 15 is 0 Å². The van der Waals surface area contributed by atoms with Crippen LogP contribution in [0.15, 0.2) is 22.7 Å². The van der Waals surface area contributed by atoms with E-state index in [1.165, 1.54) is 6.42 Å².